The largest absolute Gasteiger partial charge is 0.460 e. The van der Waals surface area contributed by atoms with Crippen LogP contribution in [0.5, 0.6) is 5.75 Å². The van der Waals surface area contributed by atoms with E-state index in [0.717, 1.165) is 33.1 Å². The monoisotopic (exact) mass is 428 g/mol. The molecular weight excluding hydrogens is 412 g/mol. The van der Waals surface area contributed by atoms with Crippen molar-refractivity contribution in [3.05, 3.63) is 76.8 Å². The van der Waals surface area contributed by atoms with Gasteiger partial charge in [0, 0.05) is 29.0 Å². The van der Waals surface area contributed by atoms with Gasteiger partial charge in [-0.1, -0.05) is 58.4 Å². The molecular formula is C24H17BrN2O. The zero-order chi connectivity index (χ0) is 18.9. The lowest BCUT2D eigenvalue weighted by Gasteiger charge is -2.37. The molecule has 1 unspecified atom stereocenters. The van der Waals surface area contributed by atoms with Gasteiger partial charge >= 0.3 is 0 Å². The summed E-state index contributed by atoms with van der Waals surface area (Å²) in [5.41, 5.74) is 2.85. The van der Waals surface area contributed by atoms with Crippen molar-refractivity contribution in [2.24, 2.45) is 4.99 Å². The number of halogens is 1. The van der Waals surface area contributed by atoms with Crippen molar-refractivity contribution in [2.45, 2.75) is 12.1 Å². The van der Waals surface area contributed by atoms with E-state index >= 15 is 0 Å². The molecule has 2 aliphatic rings. The molecule has 136 valence electrons. The van der Waals surface area contributed by atoms with Crippen LogP contribution in [-0.4, -0.2) is 19.0 Å². The molecule has 0 amide bonds. The van der Waals surface area contributed by atoms with Gasteiger partial charge in [-0.25, -0.2) is 0 Å². The lowest BCUT2D eigenvalue weighted by Crippen LogP contribution is -2.52. The van der Waals surface area contributed by atoms with Crippen LogP contribution in [-0.2, 0) is 6.42 Å². The SMILES string of the molecule is CN1c2ccc3ccccc3c2CC12C=Nc1c(ccc3cc(Br)ccc13)O2. The van der Waals surface area contributed by atoms with Gasteiger partial charge in [-0.15, -0.1) is 0 Å². The van der Waals surface area contributed by atoms with Crippen LogP contribution >= 0.6 is 15.9 Å². The van der Waals surface area contributed by atoms with Crippen molar-refractivity contribution in [3.8, 4) is 5.75 Å². The third-order valence-electron chi connectivity index (χ3n) is 5.97. The van der Waals surface area contributed by atoms with E-state index in [1.807, 2.05) is 18.3 Å². The van der Waals surface area contributed by atoms with Crippen molar-refractivity contribution in [1.29, 1.82) is 0 Å². The Balaban J connectivity index is 1.49. The molecule has 0 aromatic heterocycles. The second kappa shape index (κ2) is 5.58. The van der Waals surface area contributed by atoms with Gasteiger partial charge < -0.3 is 9.64 Å². The molecule has 3 nitrogen and oxygen atoms in total. The second-order valence-electron chi connectivity index (χ2n) is 7.50. The lowest BCUT2D eigenvalue weighted by atomic mass is 9.99. The number of rotatable bonds is 0. The first-order chi connectivity index (χ1) is 13.6. The first-order valence-corrected chi connectivity index (χ1v) is 10.1. The maximum atomic E-state index is 6.63. The summed E-state index contributed by atoms with van der Waals surface area (Å²) in [7, 11) is 2.09. The summed E-state index contributed by atoms with van der Waals surface area (Å²) < 4.78 is 7.69. The summed E-state index contributed by atoms with van der Waals surface area (Å²) in [6.07, 6.45) is 2.76. The van der Waals surface area contributed by atoms with E-state index in [-0.39, 0.29) is 0 Å². The Hall–Kier alpha value is -2.85. The van der Waals surface area contributed by atoms with Gasteiger partial charge in [0.25, 0.3) is 0 Å². The van der Waals surface area contributed by atoms with Gasteiger partial charge in [0.1, 0.15) is 11.4 Å². The van der Waals surface area contributed by atoms with Gasteiger partial charge in [-0.3, -0.25) is 4.99 Å². The van der Waals surface area contributed by atoms with Crippen LogP contribution < -0.4 is 9.64 Å². The van der Waals surface area contributed by atoms with Crippen molar-refractivity contribution in [1.82, 2.24) is 0 Å². The number of likely N-dealkylation sites (N-methyl/N-ethyl adjacent to an activating group) is 1. The highest BCUT2D eigenvalue weighted by atomic mass is 79.9. The highest BCUT2D eigenvalue weighted by molar-refractivity contribution is 9.10. The summed E-state index contributed by atoms with van der Waals surface area (Å²) in [6.45, 7) is 0. The quantitative estimate of drug-likeness (QED) is 0.331. The molecule has 0 aliphatic carbocycles. The van der Waals surface area contributed by atoms with Gasteiger partial charge in [0.05, 0.1) is 6.21 Å². The molecule has 0 saturated heterocycles. The van der Waals surface area contributed by atoms with Crippen LogP contribution in [0.1, 0.15) is 5.56 Å². The molecule has 2 aliphatic heterocycles. The number of anilines is 1. The van der Waals surface area contributed by atoms with Gasteiger partial charge in [-0.05, 0) is 46.0 Å². The Bertz CT molecular complexity index is 1310. The summed E-state index contributed by atoms with van der Waals surface area (Å²) in [5.74, 6) is 0.835. The average molecular weight is 429 g/mol. The van der Waals surface area contributed by atoms with Gasteiger partial charge in [-0.2, -0.15) is 0 Å². The number of aliphatic imine (C=N–C) groups is 1. The molecule has 4 aromatic rings. The summed E-state index contributed by atoms with van der Waals surface area (Å²) in [6, 6.07) is 23.3. The number of benzene rings is 4. The van der Waals surface area contributed by atoms with Crippen LogP contribution in [0.3, 0.4) is 0 Å². The maximum absolute atomic E-state index is 6.63. The smallest absolute Gasteiger partial charge is 0.223 e. The van der Waals surface area contributed by atoms with E-state index in [9.17, 15) is 0 Å². The predicted octanol–water partition coefficient (Wildman–Crippen LogP) is 6.24. The topological polar surface area (TPSA) is 24.8 Å². The molecule has 4 heteroatoms. The Morgan fingerprint density at radius 2 is 1.82 bits per heavy atom. The number of ether oxygens (including phenoxy) is 1. The van der Waals surface area contributed by atoms with Crippen LogP contribution in [0.15, 0.2) is 76.2 Å². The molecule has 0 bridgehead atoms. The van der Waals surface area contributed by atoms with E-state index in [2.05, 4.69) is 82.5 Å². The number of nitrogens with zero attached hydrogens (tertiary/aromatic N) is 2. The fourth-order valence-electron chi connectivity index (χ4n) is 4.50. The number of hydrogen-bond donors (Lipinski definition) is 0. The maximum Gasteiger partial charge on any atom is 0.223 e. The zero-order valence-electron chi connectivity index (χ0n) is 15.3. The van der Waals surface area contributed by atoms with E-state index in [1.165, 1.54) is 22.0 Å². The van der Waals surface area contributed by atoms with Crippen molar-refractivity contribution >= 4 is 55.1 Å². The molecule has 0 radical (unpaired) electrons. The van der Waals surface area contributed by atoms with E-state index in [0.29, 0.717) is 0 Å². The van der Waals surface area contributed by atoms with E-state index < -0.39 is 5.72 Å². The molecule has 0 N–H and O–H groups in total. The fourth-order valence-corrected chi connectivity index (χ4v) is 4.88. The standard InChI is InChI=1S/C24H17BrN2O/c1-27-21-10-6-15-4-2-3-5-18(15)20(21)13-24(27)14-26-23-19-9-8-17(25)12-16(19)7-11-22(23)28-24/h2-12,14H,13H2,1H3. The third kappa shape index (κ3) is 2.12. The minimum absolute atomic E-state index is 0.581. The fraction of sp³-hybridized carbons (Fsp3) is 0.125. The summed E-state index contributed by atoms with van der Waals surface area (Å²) >= 11 is 3.54. The van der Waals surface area contributed by atoms with E-state index in [4.69, 9.17) is 9.73 Å². The third-order valence-corrected chi connectivity index (χ3v) is 6.47. The highest BCUT2D eigenvalue weighted by Crippen LogP contribution is 2.47. The van der Waals surface area contributed by atoms with E-state index in [1.54, 1.807) is 0 Å². The zero-order valence-corrected chi connectivity index (χ0v) is 16.9. The molecule has 1 atom stereocenters. The first-order valence-electron chi connectivity index (χ1n) is 9.36. The average Bonchev–Trinajstić information content (AvgIpc) is 2.99. The van der Waals surface area contributed by atoms with Crippen molar-refractivity contribution in [3.63, 3.8) is 0 Å². The molecule has 6 rings (SSSR count). The van der Waals surface area contributed by atoms with Crippen LogP contribution in [0, 0.1) is 0 Å². The van der Waals surface area contributed by atoms with Gasteiger partial charge in [0.2, 0.25) is 5.72 Å². The van der Waals surface area contributed by atoms with Crippen molar-refractivity contribution in [2.75, 3.05) is 11.9 Å². The first kappa shape index (κ1) is 16.1. The summed E-state index contributed by atoms with van der Waals surface area (Å²) in [5, 5.41) is 4.81. The van der Waals surface area contributed by atoms with Crippen molar-refractivity contribution < 1.29 is 4.74 Å². The minimum atomic E-state index is -0.581. The Labute approximate surface area is 171 Å². The Kier molecular flexibility index (Phi) is 3.22. The normalized spacial score (nSPS) is 19.9. The lowest BCUT2D eigenvalue weighted by molar-refractivity contribution is 0.154. The highest BCUT2D eigenvalue weighted by Gasteiger charge is 2.45. The molecule has 2 heterocycles. The second-order valence-corrected chi connectivity index (χ2v) is 8.42. The number of hydrogen-bond acceptors (Lipinski definition) is 3. The number of fused-ring (bicyclic) bond motifs is 6. The van der Waals surface area contributed by atoms with Gasteiger partial charge in [0.15, 0.2) is 0 Å². The predicted molar refractivity (Wildman–Crippen MR) is 119 cm³/mol. The Morgan fingerprint density at radius 1 is 0.964 bits per heavy atom. The molecule has 4 aromatic carbocycles. The molecule has 28 heavy (non-hydrogen) atoms. The summed E-state index contributed by atoms with van der Waals surface area (Å²) in [4.78, 5) is 7.11. The molecule has 0 saturated carbocycles. The van der Waals surface area contributed by atoms with Crippen LogP contribution in [0.4, 0.5) is 11.4 Å². The van der Waals surface area contributed by atoms with Crippen LogP contribution in [0.2, 0.25) is 0 Å². The molecule has 1 spiro atoms. The molecule has 0 fully saturated rings. The minimum Gasteiger partial charge on any atom is -0.460 e. The Morgan fingerprint density at radius 3 is 2.75 bits per heavy atom. The van der Waals surface area contributed by atoms with Crippen LogP contribution in [0.25, 0.3) is 21.5 Å².